The van der Waals surface area contributed by atoms with Crippen molar-refractivity contribution in [1.29, 1.82) is 0 Å². The monoisotopic (exact) mass is 949 g/mol. The summed E-state index contributed by atoms with van der Waals surface area (Å²) in [4.78, 5) is 13.0. The molecule has 0 aromatic heterocycles. The van der Waals surface area contributed by atoms with E-state index >= 15 is 0 Å². The molecule has 0 aliphatic carbocycles. The highest BCUT2D eigenvalue weighted by Crippen LogP contribution is 2.27. The van der Waals surface area contributed by atoms with Crippen LogP contribution in [0.2, 0.25) is 0 Å². The minimum absolute atomic E-state index is 0.0696. The van der Waals surface area contributed by atoms with Gasteiger partial charge in [0.05, 0.1) is 26.4 Å². The van der Waals surface area contributed by atoms with Crippen molar-refractivity contribution in [3.05, 3.63) is 0 Å². The molecule has 0 aromatic rings. The number of aliphatic hydroxyl groups excluding tert-OH is 7. The maximum atomic E-state index is 13.0. The average molecular weight is 949 g/mol. The average Bonchev–Trinajstić information content (AvgIpc) is 3.31. The molecule has 2 aliphatic rings. The summed E-state index contributed by atoms with van der Waals surface area (Å²) < 4.78 is 34.3. The van der Waals surface area contributed by atoms with Gasteiger partial charge in [0, 0.05) is 13.0 Å². The molecule has 0 saturated carbocycles. The number of hydrogen-bond donors (Lipinski definition) is 7. The van der Waals surface area contributed by atoms with E-state index in [1.165, 1.54) is 161 Å². The first-order valence-electron chi connectivity index (χ1n) is 27.1. The summed E-state index contributed by atoms with van der Waals surface area (Å²) in [5.74, 6) is -0.370. The lowest BCUT2D eigenvalue weighted by atomic mass is 9.98. The minimum atomic E-state index is -1.70. The fourth-order valence-electron chi connectivity index (χ4n) is 8.93. The first-order chi connectivity index (χ1) is 32.1. The van der Waals surface area contributed by atoms with Gasteiger partial charge in [0.15, 0.2) is 12.6 Å². The number of hydrogen-bond acceptors (Lipinski definition) is 14. The van der Waals surface area contributed by atoms with Crippen LogP contribution >= 0.6 is 0 Å². The minimum Gasteiger partial charge on any atom is -0.457 e. The molecular weight excluding hydrogens is 849 g/mol. The number of rotatable bonds is 44. The lowest BCUT2D eigenvalue weighted by Gasteiger charge is -2.42. The van der Waals surface area contributed by atoms with E-state index in [2.05, 4.69) is 13.8 Å². The summed E-state index contributed by atoms with van der Waals surface area (Å²) in [5, 5.41) is 72.1. The van der Waals surface area contributed by atoms with E-state index in [0.717, 1.165) is 44.9 Å². The molecule has 0 amide bonds. The smallest absolute Gasteiger partial charge is 0.306 e. The normalized spacial score (nSPS) is 26.2. The first kappa shape index (κ1) is 61.1. The van der Waals surface area contributed by atoms with Crippen LogP contribution < -0.4 is 0 Å². The fraction of sp³-hybridized carbons (Fsp3) is 0.981. The van der Waals surface area contributed by atoms with Crippen molar-refractivity contribution in [2.45, 2.75) is 293 Å². The summed E-state index contributed by atoms with van der Waals surface area (Å²) in [6.07, 6.45) is 24.6. The summed E-state index contributed by atoms with van der Waals surface area (Å²) in [6.45, 7) is 3.73. The molecule has 11 atom stereocenters. The largest absolute Gasteiger partial charge is 0.457 e. The van der Waals surface area contributed by atoms with Crippen molar-refractivity contribution < 1.29 is 69.0 Å². The lowest BCUT2D eigenvalue weighted by Crippen LogP contribution is -2.61. The van der Waals surface area contributed by atoms with Gasteiger partial charge in [0.25, 0.3) is 0 Å². The molecule has 66 heavy (non-hydrogen) atoms. The number of ether oxygens (including phenoxy) is 6. The summed E-state index contributed by atoms with van der Waals surface area (Å²) in [7, 11) is 0. The van der Waals surface area contributed by atoms with Gasteiger partial charge in [-0.2, -0.15) is 0 Å². The van der Waals surface area contributed by atoms with Gasteiger partial charge in [-0.1, -0.05) is 206 Å². The highest BCUT2D eigenvalue weighted by atomic mass is 16.7. The summed E-state index contributed by atoms with van der Waals surface area (Å²) >= 11 is 0. The summed E-state index contributed by atoms with van der Waals surface area (Å²) in [6, 6.07) is 0. The number of carbonyl (C=O) groups excluding carboxylic acids is 1. The standard InChI is InChI=1S/C52H100O14/c1-3-5-7-9-11-13-15-16-17-18-19-20-21-22-23-24-25-26-27-29-31-33-35-44(54)64-41(38-61-36-34-32-30-28-14-12-10-8-6-4-2)39-62-51-50(60)48(58)46(56)43(66-51)40-63-52-49(59)47(57)45(55)42(37-53)65-52/h41-43,45-53,55-60H,3-40H2,1-2H3. The molecule has 2 heterocycles. The van der Waals surface area contributed by atoms with Gasteiger partial charge in [-0.25, -0.2) is 0 Å². The summed E-state index contributed by atoms with van der Waals surface area (Å²) in [5.41, 5.74) is 0. The van der Waals surface area contributed by atoms with Crippen molar-refractivity contribution >= 4 is 5.97 Å². The molecule has 2 fully saturated rings. The number of unbranched alkanes of at least 4 members (excludes halogenated alkanes) is 30. The van der Waals surface area contributed by atoms with Crippen LogP contribution in [0.25, 0.3) is 0 Å². The van der Waals surface area contributed by atoms with E-state index < -0.39 is 80.7 Å². The first-order valence-corrected chi connectivity index (χ1v) is 27.1. The van der Waals surface area contributed by atoms with Crippen molar-refractivity contribution in [2.75, 3.05) is 33.0 Å². The molecule has 14 heteroatoms. The zero-order valence-electron chi connectivity index (χ0n) is 41.7. The predicted octanol–water partition coefficient (Wildman–Crippen LogP) is 8.47. The fourth-order valence-corrected chi connectivity index (χ4v) is 8.93. The van der Waals surface area contributed by atoms with Crippen LogP contribution in [0.3, 0.4) is 0 Å². The Balaban J connectivity index is 1.69. The van der Waals surface area contributed by atoms with Gasteiger partial charge in [-0.05, 0) is 12.8 Å². The molecular formula is C52H100O14. The quantitative estimate of drug-likeness (QED) is 0.0226. The molecule has 7 N–H and O–H groups in total. The zero-order valence-corrected chi connectivity index (χ0v) is 41.7. The third kappa shape index (κ3) is 28.0. The van der Waals surface area contributed by atoms with Crippen LogP contribution in [0.4, 0.5) is 0 Å². The van der Waals surface area contributed by atoms with E-state index in [4.69, 9.17) is 28.4 Å². The van der Waals surface area contributed by atoms with Crippen LogP contribution in [-0.2, 0) is 33.2 Å². The molecule has 0 aromatic carbocycles. The maximum absolute atomic E-state index is 13.0. The highest BCUT2D eigenvalue weighted by molar-refractivity contribution is 5.69. The second-order valence-corrected chi connectivity index (χ2v) is 19.4. The SMILES string of the molecule is CCCCCCCCCCCCCCCCCCCCCCCCC(=O)OC(COCCCCCCCCCCCC)COC1OC(COC2OC(CO)C(O)C(O)C2O)C(O)C(O)C1O. The van der Waals surface area contributed by atoms with E-state index in [0.29, 0.717) is 6.61 Å². The molecule has 392 valence electrons. The molecule has 2 aliphatic heterocycles. The highest BCUT2D eigenvalue weighted by Gasteiger charge is 2.47. The van der Waals surface area contributed by atoms with Crippen molar-refractivity contribution in [1.82, 2.24) is 0 Å². The zero-order chi connectivity index (χ0) is 48.0. The van der Waals surface area contributed by atoms with Gasteiger partial charge < -0.3 is 64.2 Å². The van der Waals surface area contributed by atoms with Gasteiger partial charge in [-0.3, -0.25) is 4.79 Å². The third-order valence-corrected chi connectivity index (χ3v) is 13.4. The van der Waals surface area contributed by atoms with Crippen LogP contribution in [-0.4, -0.2) is 142 Å². The van der Waals surface area contributed by atoms with Crippen LogP contribution in [0, 0.1) is 0 Å². The molecule has 11 unspecified atom stereocenters. The Hall–Kier alpha value is -1.01. The number of carbonyl (C=O) groups is 1. The molecule has 0 bridgehead atoms. The van der Waals surface area contributed by atoms with E-state index in [1.807, 2.05) is 0 Å². The van der Waals surface area contributed by atoms with Crippen LogP contribution in [0.1, 0.15) is 226 Å². The van der Waals surface area contributed by atoms with Crippen molar-refractivity contribution in [3.63, 3.8) is 0 Å². The Morgan fingerprint density at radius 1 is 0.439 bits per heavy atom. The van der Waals surface area contributed by atoms with Gasteiger partial charge >= 0.3 is 5.97 Å². The Labute approximate surface area is 400 Å². The van der Waals surface area contributed by atoms with E-state index in [9.17, 15) is 40.5 Å². The van der Waals surface area contributed by atoms with Crippen molar-refractivity contribution in [3.8, 4) is 0 Å². The topological polar surface area (TPSA) is 214 Å². The van der Waals surface area contributed by atoms with Crippen LogP contribution in [0.5, 0.6) is 0 Å². The molecule has 2 rings (SSSR count). The van der Waals surface area contributed by atoms with E-state index in [-0.39, 0.29) is 25.6 Å². The Kier molecular flexibility index (Phi) is 37.7. The molecule has 0 radical (unpaired) electrons. The third-order valence-electron chi connectivity index (χ3n) is 13.4. The molecule has 14 nitrogen and oxygen atoms in total. The second-order valence-electron chi connectivity index (χ2n) is 19.4. The Morgan fingerprint density at radius 3 is 1.23 bits per heavy atom. The molecule has 2 saturated heterocycles. The predicted molar refractivity (Wildman–Crippen MR) is 257 cm³/mol. The molecule has 0 spiro atoms. The number of esters is 1. The van der Waals surface area contributed by atoms with Crippen molar-refractivity contribution in [2.24, 2.45) is 0 Å². The van der Waals surface area contributed by atoms with E-state index in [1.54, 1.807) is 0 Å². The van der Waals surface area contributed by atoms with Crippen LogP contribution in [0.15, 0.2) is 0 Å². The lowest BCUT2D eigenvalue weighted by molar-refractivity contribution is -0.332. The van der Waals surface area contributed by atoms with Gasteiger partial charge in [0.2, 0.25) is 0 Å². The Bertz CT molecular complexity index is 1100. The maximum Gasteiger partial charge on any atom is 0.306 e. The Morgan fingerprint density at radius 2 is 0.803 bits per heavy atom. The number of aliphatic hydroxyl groups is 7. The van der Waals surface area contributed by atoms with Gasteiger partial charge in [-0.15, -0.1) is 0 Å². The second kappa shape index (κ2) is 40.7. The van der Waals surface area contributed by atoms with Gasteiger partial charge in [0.1, 0.15) is 54.9 Å².